The zero-order chi connectivity index (χ0) is 12.2. The molecule has 0 aliphatic carbocycles. The topological polar surface area (TPSA) is 37.3 Å². The van der Waals surface area contributed by atoms with Crippen LogP contribution < -0.4 is 0 Å². The Morgan fingerprint density at radius 3 is 2.50 bits per heavy atom. The van der Waals surface area contributed by atoms with E-state index in [-0.39, 0.29) is 4.75 Å². The Morgan fingerprint density at radius 1 is 1.31 bits per heavy atom. The predicted octanol–water partition coefficient (Wildman–Crippen LogP) is 3.68. The predicted molar refractivity (Wildman–Crippen MR) is 68.7 cm³/mol. The quantitative estimate of drug-likeness (QED) is 0.642. The first-order chi connectivity index (χ1) is 7.38. The van der Waals surface area contributed by atoms with Crippen LogP contribution in [0.5, 0.6) is 0 Å². The molecule has 0 unspecified atom stereocenters. The van der Waals surface area contributed by atoms with E-state index >= 15 is 0 Å². The lowest BCUT2D eigenvalue weighted by molar-refractivity contribution is -0.131. The van der Waals surface area contributed by atoms with Gasteiger partial charge >= 0.3 is 5.97 Å². The highest BCUT2D eigenvalue weighted by atomic mass is 32.2. The summed E-state index contributed by atoms with van der Waals surface area (Å²) < 4.78 is 0.118. The molecule has 0 saturated carbocycles. The van der Waals surface area contributed by atoms with Gasteiger partial charge in [-0.15, -0.1) is 11.8 Å². The third kappa shape index (κ3) is 4.53. The molecule has 2 nitrogen and oxygen atoms in total. The molecule has 0 aromatic heterocycles. The molecule has 1 aromatic rings. The Labute approximate surface area is 100 Å². The van der Waals surface area contributed by atoms with Crippen LogP contribution in [0.25, 0.3) is 6.08 Å². The molecular weight excluding hydrogens is 220 g/mol. The highest BCUT2D eigenvalue weighted by Gasteiger charge is 2.13. The molecule has 0 aliphatic heterocycles. The van der Waals surface area contributed by atoms with Gasteiger partial charge in [-0.2, -0.15) is 0 Å². The summed E-state index contributed by atoms with van der Waals surface area (Å²) in [5, 5.41) is 8.60. The number of thioether (sulfide) groups is 1. The standard InChI is InChI=1S/C13H16O2S/c1-13(2,3)16-11-7-5-4-6-10(11)8-9-12(14)15/h4-9H,1-3H3,(H,14,15). The van der Waals surface area contributed by atoms with Crippen LogP contribution in [0, 0.1) is 0 Å². The van der Waals surface area contributed by atoms with Crippen LogP contribution >= 0.6 is 11.8 Å². The summed E-state index contributed by atoms with van der Waals surface area (Å²) >= 11 is 1.73. The summed E-state index contributed by atoms with van der Waals surface area (Å²) in [6.07, 6.45) is 2.80. The van der Waals surface area contributed by atoms with Gasteiger partial charge in [0.2, 0.25) is 0 Å². The summed E-state index contributed by atoms with van der Waals surface area (Å²) in [5.41, 5.74) is 0.949. The maximum absolute atomic E-state index is 10.5. The number of carbonyl (C=O) groups is 1. The molecule has 0 bridgehead atoms. The van der Waals surface area contributed by atoms with Gasteiger partial charge in [0, 0.05) is 15.7 Å². The third-order valence-corrected chi connectivity index (χ3v) is 2.94. The summed E-state index contributed by atoms with van der Waals surface area (Å²) in [4.78, 5) is 11.6. The van der Waals surface area contributed by atoms with Crippen molar-refractivity contribution in [3.8, 4) is 0 Å². The van der Waals surface area contributed by atoms with Crippen LogP contribution in [0.3, 0.4) is 0 Å². The number of benzene rings is 1. The Morgan fingerprint density at radius 2 is 1.94 bits per heavy atom. The minimum atomic E-state index is -0.921. The monoisotopic (exact) mass is 236 g/mol. The summed E-state index contributed by atoms with van der Waals surface area (Å²) in [5.74, 6) is -0.921. The molecular formula is C13H16O2S. The molecule has 0 atom stereocenters. The number of carboxylic acids is 1. The molecule has 1 aromatic carbocycles. The lowest BCUT2D eigenvalue weighted by Crippen LogP contribution is -2.07. The van der Waals surface area contributed by atoms with Gasteiger partial charge in [-0.25, -0.2) is 4.79 Å². The maximum Gasteiger partial charge on any atom is 0.328 e. The zero-order valence-corrected chi connectivity index (χ0v) is 10.5. The summed E-state index contributed by atoms with van der Waals surface area (Å²) in [7, 11) is 0. The zero-order valence-electron chi connectivity index (χ0n) is 9.73. The van der Waals surface area contributed by atoms with Gasteiger partial charge < -0.3 is 5.11 Å². The highest BCUT2D eigenvalue weighted by Crippen LogP contribution is 2.34. The van der Waals surface area contributed by atoms with E-state index in [4.69, 9.17) is 5.11 Å². The lowest BCUT2D eigenvalue weighted by Gasteiger charge is -2.18. The minimum absolute atomic E-state index is 0.118. The largest absolute Gasteiger partial charge is 0.478 e. The minimum Gasteiger partial charge on any atom is -0.478 e. The molecule has 0 spiro atoms. The van der Waals surface area contributed by atoms with Crippen molar-refractivity contribution in [3.63, 3.8) is 0 Å². The first-order valence-corrected chi connectivity index (χ1v) is 5.89. The molecule has 1 rings (SSSR count). The van der Waals surface area contributed by atoms with Gasteiger partial charge in [-0.3, -0.25) is 0 Å². The van der Waals surface area contributed by atoms with Gasteiger partial charge in [0.15, 0.2) is 0 Å². The SMILES string of the molecule is CC(C)(C)Sc1ccccc1C=CC(=O)O. The molecule has 0 heterocycles. The van der Waals surface area contributed by atoms with E-state index in [1.54, 1.807) is 17.8 Å². The van der Waals surface area contributed by atoms with Crippen molar-refractivity contribution < 1.29 is 9.90 Å². The van der Waals surface area contributed by atoms with Gasteiger partial charge in [-0.05, 0) is 17.7 Å². The molecule has 16 heavy (non-hydrogen) atoms. The number of aliphatic carboxylic acids is 1. The summed E-state index contributed by atoms with van der Waals surface area (Å²) in [6, 6.07) is 7.81. The van der Waals surface area contributed by atoms with Crippen LogP contribution in [-0.2, 0) is 4.79 Å². The molecule has 0 fully saturated rings. The van der Waals surface area contributed by atoms with Crippen molar-refractivity contribution in [2.45, 2.75) is 30.4 Å². The van der Waals surface area contributed by atoms with Gasteiger partial charge in [-0.1, -0.05) is 39.0 Å². The molecule has 0 amide bonds. The number of hydrogen-bond donors (Lipinski definition) is 1. The Bertz CT molecular complexity index is 403. The highest BCUT2D eigenvalue weighted by molar-refractivity contribution is 8.00. The summed E-state index contributed by atoms with van der Waals surface area (Å²) in [6.45, 7) is 6.40. The van der Waals surface area contributed by atoms with Crippen molar-refractivity contribution in [1.82, 2.24) is 0 Å². The van der Waals surface area contributed by atoms with E-state index in [9.17, 15) is 4.79 Å². The second-order valence-electron chi connectivity index (χ2n) is 4.42. The van der Waals surface area contributed by atoms with E-state index in [1.807, 2.05) is 24.3 Å². The maximum atomic E-state index is 10.5. The van der Waals surface area contributed by atoms with Crippen LogP contribution in [0.1, 0.15) is 26.3 Å². The molecule has 86 valence electrons. The molecule has 0 radical (unpaired) electrons. The average molecular weight is 236 g/mol. The van der Waals surface area contributed by atoms with E-state index < -0.39 is 5.97 Å². The van der Waals surface area contributed by atoms with Crippen molar-refractivity contribution in [2.75, 3.05) is 0 Å². The van der Waals surface area contributed by atoms with Crippen LogP contribution in [0.15, 0.2) is 35.2 Å². The van der Waals surface area contributed by atoms with Crippen molar-refractivity contribution in [3.05, 3.63) is 35.9 Å². The first kappa shape index (κ1) is 12.8. The van der Waals surface area contributed by atoms with Crippen molar-refractivity contribution in [2.24, 2.45) is 0 Å². The van der Waals surface area contributed by atoms with E-state index in [2.05, 4.69) is 20.8 Å². The molecule has 1 N–H and O–H groups in total. The number of carboxylic acid groups (broad SMARTS) is 1. The molecule has 0 aliphatic rings. The Balaban J connectivity index is 2.96. The second-order valence-corrected chi connectivity index (χ2v) is 6.29. The molecule has 3 heteroatoms. The van der Waals surface area contributed by atoms with E-state index in [0.29, 0.717) is 0 Å². The van der Waals surface area contributed by atoms with Gasteiger partial charge in [0.05, 0.1) is 0 Å². The normalized spacial score (nSPS) is 11.9. The third-order valence-electron chi connectivity index (χ3n) is 1.74. The number of rotatable bonds is 3. The fourth-order valence-corrected chi connectivity index (χ4v) is 2.26. The van der Waals surface area contributed by atoms with Crippen LogP contribution in [0.2, 0.25) is 0 Å². The van der Waals surface area contributed by atoms with E-state index in [1.165, 1.54) is 6.08 Å². The fourth-order valence-electron chi connectivity index (χ4n) is 1.20. The van der Waals surface area contributed by atoms with Crippen LogP contribution in [0.4, 0.5) is 0 Å². The second kappa shape index (κ2) is 5.21. The van der Waals surface area contributed by atoms with Crippen molar-refractivity contribution in [1.29, 1.82) is 0 Å². The molecule has 0 saturated heterocycles. The van der Waals surface area contributed by atoms with Crippen molar-refractivity contribution >= 4 is 23.8 Å². The van der Waals surface area contributed by atoms with Gasteiger partial charge in [0.25, 0.3) is 0 Å². The lowest BCUT2D eigenvalue weighted by atomic mass is 10.2. The Hall–Kier alpha value is -1.22. The Kier molecular flexibility index (Phi) is 4.19. The average Bonchev–Trinajstić information content (AvgIpc) is 2.14. The first-order valence-electron chi connectivity index (χ1n) is 5.07. The van der Waals surface area contributed by atoms with Gasteiger partial charge in [0.1, 0.15) is 0 Å². The fraction of sp³-hybridized carbons (Fsp3) is 0.308. The smallest absolute Gasteiger partial charge is 0.328 e. The van der Waals surface area contributed by atoms with Crippen LogP contribution in [-0.4, -0.2) is 15.8 Å². The van der Waals surface area contributed by atoms with E-state index in [0.717, 1.165) is 10.5 Å². The number of hydrogen-bond acceptors (Lipinski definition) is 2.